The van der Waals surface area contributed by atoms with E-state index >= 15 is 0 Å². The summed E-state index contributed by atoms with van der Waals surface area (Å²) in [6.07, 6.45) is 0. The molecule has 0 aromatic rings. The zero-order valence-corrected chi connectivity index (χ0v) is 9.69. The molecule has 1 saturated heterocycles. The van der Waals surface area contributed by atoms with Crippen molar-refractivity contribution in [3.8, 4) is 0 Å². The number of esters is 1. The standard InChI is InChI=1S/C10H17NO2S/c1-6(2)5-13-10(12)8-7(3)4-11-9(8)14/h6-8H,4-5H2,1-3H3,(H,11,14). The zero-order chi connectivity index (χ0) is 10.7. The first-order chi connectivity index (χ1) is 6.52. The highest BCUT2D eigenvalue weighted by atomic mass is 32.1. The molecule has 1 aliphatic heterocycles. The van der Waals surface area contributed by atoms with Crippen LogP contribution in [0.2, 0.25) is 0 Å². The maximum atomic E-state index is 11.6. The lowest BCUT2D eigenvalue weighted by Gasteiger charge is -2.14. The first-order valence-corrected chi connectivity index (χ1v) is 5.37. The van der Waals surface area contributed by atoms with Crippen LogP contribution in [0.4, 0.5) is 0 Å². The second-order valence-electron chi connectivity index (χ2n) is 4.22. The summed E-state index contributed by atoms with van der Waals surface area (Å²) in [6, 6.07) is 0. The van der Waals surface area contributed by atoms with Crippen molar-refractivity contribution < 1.29 is 9.53 Å². The fourth-order valence-corrected chi connectivity index (χ4v) is 1.84. The van der Waals surface area contributed by atoms with Crippen LogP contribution in [-0.2, 0) is 9.53 Å². The van der Waals surface area contributed by atoms with Crippen molar-refractivity contribution >= 4 is 23.2 Å². The Kier molecular flexibility index (Phi) is 3.86. The molecular formula is C10H17NO2S. The third kappa shape index (κ3) is 2.67. The van der Waals surface area contributed by atoms with E-state index in [1.165, 1.54) is 0 Å². The van der Waals surface area contributed by atoms with Gasteiger partial charge >= 0.3 is 5.97 Å². The third-order valence-corrected chi connectivity index (χ3v) is 2.66. The number of ether oxygens (including phenoxy) is 1. The van der Waals surface area contributed by atoms with Crippen LogP contribution in [0.1, 0.15) is 20.8 Å². The summed E-state index contributed by atoms with van der Waals surface area (Å²) in [7, 11) is 0. The van der Waals surface area contributed by atoms with Gasteiger partial charge in [-0.2, -0.15) is 0 Å². The fraction of sp³-hybridized carbons (Fsp3) is 0.800. The van der Waals surface area contributed by atoms with Gasteiger partial charge in [0.1, 0.15) is 5.92 Å². The first kappa shape index (κ1) is 11.4. The molecule has 2 atom stereocenters. The molecule has 0 radical (unpaired) electrons. The maximum absolute atomic E-state index is 11.6. The molecule has 0 aliphatic carbocycles. The average molecular weight is 215 g/mol. The van der Waals surface area contributed by atoms with Crippen LogP contribution in [0, 0.1) is 17.8 Å². The molecule has 1 heterocycles. The predicted octanol–water partition coefficient (Wildman–Crippen LogP) is 1.37. The minimum absolute atomic E-state index is 0.179. The SMILES string of the molecule is CC(C)COC(=O)C1C(=S)NCC1C. The number of hydrogen-bond donors (Lipinski definition) is 1. The fourth-order valence-electron chi connectivity index (χ4n) is 1.43. The predicted molar refractivity (Wildman–Crippen MR) is 59.1 cm³/mol. The number of rotatable bonds is 3. The highest BCUT2D eigenvalue weighted by Gasteiger charge is 2.35. The van der Waals surface area contributed by atoms with Crippen molar-refractivity contribution in [2.24, 2.45) is 17.8 Å². The second-order valence-corrected chi connectivity index (χ2v) is 4.66. The van der Waals surface area contributed by atoms with Crippen molar-refractivity contribution in [3.05, 3.63) is 0 Å². The van der Waals surface area contributed by atoms with Gasteiger partial charge in [-0.3, -0.25) is 4.79 Å². The Balaban J connectivity index is 2.47. The van der Waals surface area contributed by atoms with Crippen LogP contribution in [0.15, 0.2) is 0 Å². The molecule has 80 valence electrons. The molecule has 2 unspecified atom stereocenters. The summed E-state index contributed by atoms with van der Waals surface area (Å²) >= 11 is 5.06. The smallest absolute Gasteiger partial charge is 0.316 e. The maximum Gasteiger partial charge on any atom is 0.316 e. The van der Waals surface area contributed by atoms with E-state index in [0.717, 1.165) is 6.54 Å². The molecule has 1 aliphatic rings. The molecule has 14 heavy (non-hydrogen) atoms. The molecule has 0 spiro atoms. The van der Waals surface area contributed by atoms with E-state index in [0.29, 0.717) is 17.5 Å². The normalized spacial score (nSPS) is 26.4. The van der Waals surface area contributed by atoms with Gasteiger partial charge in [0.25, 0.3) is 0 Å². The zero-order valence-electron chi connectivity index (χ0n) is 8.87. The Hall–Kier alpha value is -0.640. The lowest BCUT2D eigenvalue weighted by atomic mass is 9.98. The quantitative estimate of drug-likeness (QED) is 0.570. The van der Waals surface area contributed by atoms with Gasteiger partial charge in [0.2, 0.25) is 0 Å². The summed E-state index contributed by atoms with van der Waals surface area (Å²) in [4.78, 5) is 12.3. The summed E-state index contributed by atoms with van der Waals surface area (Å²) in [6.45, 7) is 7.29. The largest absolute Gasteiger partial charge is 0.465 e. The minimum atomic E-state index is -0.233. The van der Waals surface area contributed by atoms with Gasteiger partial charge in [0, 0.05) is 6.54 Å². The number of carbonyl (C=O) groups is 1. The van der Waals surface area contributed by atoms with Crippen molar-refractivity contribution in [1.29, 1.82) is 0 Å². The van der Waals surface area contributed by atoms with Crippen LogP contribution >= 0.6 is 12.2 Å². The molecule has 1 N–H and O–H groups in total. The van der Waals surface area contributed by atoms with Crippen LogP contribution < -0.4 is 5.32 Å². The van der Waals surface area contributed by atoms with E-state index < -0.39 is 0 Å². The van der Waals surface area contributed by atoms with E-state index in [1.807, 2.05) is 20.8 Å². The topological polar surface area (TPSA) is 38.3 Å². The van der Waals surface area contributed by atoms with Crippen molar-refractivity contribution in [1.82, 2.24) is 5.32 Å². The van der Waals surface area contributed by atoms with Crippen molar-refractivity contribution in [2.45, 2.75) is 20.8 Å². The van der Waals surface area contributed by atoms with Gasteiger partial charge in [-0.1, -0.05) is 33.0 Å². The van der Waals surface area contributed by atoms with Gasteiger partial charge < -0.3 is 10.1 Å². The summed E-state index contributed by atoms with van der Waals surface area (Å²) in [5, 5.41) is 3.02. The lowest BCUT2D eigenvalue weighted by Crippen LogP contribution is -2.28. The molecule has 0 bridgehead atoms. The third-order valence-electron chi connectivity index (χ3n) is 2.26. The van der Waals surface area contributed by atoms with E-state index in [9.17, 15) is 4.79 Å². The van der Waals surface area contributed by atoms with Crippen LogP contribution in [-0.4, -0.2) is 24.1 Å². The average Bonchev–Trinajstić information content (AvgIpc) is 2.42. The first-order valence-electron chi connectivity index (χ1n) is 4.96. The Morgan fingerprint density at radius 1 is 1.71 bits per heavy atom. The summed E-state index contributed by atoms with van der Waals surface area (Å²) in [5.41, 5.74) is 0. The molecule has 4 heteroatoms. The van der Waals surface area contributed by atoms with E-state index in [1.54, 1.807) is 0 Å². The van der Waals surface area contributed by atoms with Crippen LogP contribution in [0.3, 0.4) is 0 Å². The monoisotopic (exact) mass is 215 g/mol. The van der Waals surface area contributed by atoms with Gasteiger partial charge in [0.05, 0.1) is 11.6 Å². The van der Waals surface area contributed by atoms with Gasteiger partial charge in [-0.25, -0.2) is 0 Å². The Morgan fingerprint density at radius 3 is 2.79 bits per heavy atom. The van der Waals surface area contributed by atoms with Gasteiger partial charge in [-0.15, -0.1) is 0 Å². The highest BCUT2D eigenvalue weighted by molar-refractivity contribution is 7.80. The molecule has 1 rings (SSSR count). The number of carbonyl (C=O) groups excluding carboxylic acids is 1. The van der Waals surface area contributed by atoms with Gasteiger partial charge in [-0.05, 0) is 11.8 Å². The van der Waals surface area contributed by atoms with Gasteiger partial charge in [0.15, 0.2) is 0 Å². The second kappa shape index (κ2) is 4.73. The Labute approximate surface area is 90.2 Å². The molecule has 1 fully saturated rings. The molecule has 3 nitrogen and oxygen atoms in total. The highest BCUT2D eigenvalue weighted by Crippen LogP contribution is 2.20. The van der Waals surface area contributed by atoms with E-state index in [-0.39, 0.29) is 17.8 Å². The van der Waals surface area contributed by atoms with E-state index in [4.69, 9.17) is 17.0 Å². The van der Waals surface area contributed by atoms with Crippen molar-refractivity contribution in [3.63, 3.8) is 0 Å². The molecule has 0 aromatic carbocycles. The molecule has 0 amide bonds. The number of hydrogen-bond acceptors (Lipinski definition) is 3. The van der Waals surface area contributed by atoms with Crippen LogP contribution in [0.25, 0.3) is 0 Å². The minimum Gasteiger partial charge on any atom is -0.465 e. The Morgan fingerprint density at radius 2 is 2.36 bits per heavy atom. The van der Waals surface area contributed by atoms with Crippen LogP contribution in [0.5, 0.6) is 0 Å². The number of thiocarbonyl (C=S) groups is 1. The molecule has 0 saturated carbocycles. The number of nitrogens with one attached hydrogen (secondary N) is 1. The Bertz CT molecular complexity index is 240. The van der Waals surface area contributed by atoms with E-state index in [2.05, 4.69) is 5.32 Å². The summed E-state index contributed by atoms with van der Waals surface area (Å²) in [5.74, 6) is 0.212. The van der Waals surface area contributed by atoms with Crippen molar-refractivity contribution in [2.75, 3.05) is 13.2 Å². The molecule has 0 aromatic heterocycles. The summed E-state index contributed by atoms with van der Waals surface area (Å²) < 4.78 is 5.16. The molecular weight excluding hydrogens is 198 g/mol. The lowest BCUT2D eigenvalue weighted by molar-refractivity contribution is -0.148.